The summed E-state index contributed by atoms with van der Waals surface area (Å²) in [6.45, 7) is 1.89. The zero-order valence-corrected chi connectivity index (χ0v) is 81.9. The summed E-state index contributed by atoms with van der Waals surface area (Å²) in [6, 6.07) is 89.4. The summed E-state index contributed by atoms with van der Waals surface area (Å²) in [5.74, 6) is 7.26. The maximum Gasteiger partial charge on any atom is 0.243 e. The number of halogens is 2. The third-order valence-corrected chi connectivity index (χ3v) is 31.4. The fourth-order valence-electron chi connectivity index (χ4n) is 20.1. The van der Waals surface area contributed by atoms with E-state index in [1.165, 1.54) is 4.31 Å². The maximum absolute atomic E-state index is 14.1. The number of Topliss-reactive ketones (excluding diaryl/α,β-unsaturated/α-hetero) is 4. The summed E-state index contributed by atoms with van der Waals surface area (Å²) in [7, 11) is -3.63. The van der Waals surface area contributed by atoms with Crippen molar-refractivity contribution in [3.63, 3.8) is 0 Å². The SMILES string of the molecule is O=C(Cc1ccc(-c2cccc(O)c2)cn1)C1(c2ccc3c(c2)OCO3)CC1.O=C(Cc1ccc(-c2ccccc2)nn1)C1(c2ccc3c(c2)OCO3)CC1.O=C(Cc1cccc(-c2cc(F)ccc2F)n1)C1(c2ccc3c(c2)OCO3)CC1.O=C(Cc1cccc(-c2ccc(S(=O)(=O)N3CCCC(CO)C3)cc2)n1)C1(c2ccc3c(c2)OCO3)CC1.O=C(Nc1cccc(-c2ccccc2)n1)C1(c2ccc3c(c2)OCO3)CC1.[HH].[HH]. The Morgan fingerprint density at radius 1 is 0.369 bits per heavy atom. The van der Waals surface area contributed by atoms with E-state index >= 15 is 0 Å². The number of aliphatic hydroxyl groups is 1. The monoisotopic (exact) mass is 2020 g/mol. The van der Waals surface area contributed by atoms with Crippen LogP contribution >= 0.6 is 0 Å². The van der Waals surface area contributed by atoms with Crippen LogP contribution < -0.4 is 52.7 Å². The number of carbonyl (C=O) groups is 5. The lowest BCUT2D eigenvalue weighted by Gasteiger charge is -2.30. The third-order valence-electron chi connectivity index (χ3n) is 29.5. The normalized spacial score (nSPS) is 17.1. The van der Waals surface area contributed by atoms with Crippen LogP contribution in [0.3, 0.4) is 0 Å². The Morgan fingerprint density at radius 3 is 1.22 bits per heavy atom. The number of ether oxygens (including phenoxy) is 10. The molecule has 1 unspecified atom stereocenters. The van der Waals surface area contributed by atoms with Crippen LogP contribution in [0.2, 0.25) is 0 Å². The third kappa shape index (κ3) is 20.7. The minimum atomic E-state index is -3.63. The second-order valence-electron chi connectivity index (χ2n) is 39.0. The molecule has 10 aromatic carbocycles. The largest absolute Gasteiger partial charge is 0.508 e. The molecule has 0 radical (unpaired) electrons. The minimum absolute atomic E-state index is 0. The number of hydrogen-bond acceptors (Lipinski definition) is 25. The second kappa shape index (κ2) is 41.1. The van der Waals surface area contributed by atoms with Crippen LogP contribution in [0.5, 0.6) is 63.2 Å². The van der Waals surface area contributed by atoms with Crippen molar-refractivity contribution in [2.75, 3.05) is 59.0 Å². The van der Waals surface area contributed by atoms with Gasteiger partial charge in [0.05, 0.1) is 66.9 Å². The molecule has 6 aliphatic heterocycles. The topological polar surface area (TPSA) is 345 Å². The van der Waals surface area contributed by atoms with Gasteiger partial charge in [-0.1, -0.05) is 140 Å². The van der Waals surface area contributed by atoms with E-state index in [2.05, 4.69) is 30.5 Å². The number of nitrogens with one attached hydrogen (secondary N) is 1. The van der Waals surface area contributed by atoms with Gasteiger partial charge in [-0.2, -0.15) is 14.5 Å². The molecule has 5 aliphatic carbocycles. The van der Waals surface area contributed by atoms with E-state index in [1.54, 1.807) is 66.9 Å². The average molecular weight is 2020 g/mol. The Balaban J connectivity index is 0.000000114. The Hall–Kier alpha value is -16.4. The van der Waals surface area contributed by atoms with Crippen molar-refractivity contribution in [2.45, 2.75) is 135 Å². The first kappa shape index (κ1) is 97.3. The molecule has 15 aromatic rings. The van der Waals surface area contributed by atoms with Crippen molar-refractivity contribution in [1.82, 2.24) is 34.4 Å². The van der Waals surface area contributed by atoms with Gasteiger partial charge in [0.15, 0.2) is 57.5 Å². The van der Waals surface area contributed by atoms with Crippen LogP contribution in [0.1, 0.15) is 130 Å². The number of pyridine rings is 4. The number of aliphatic hydroxyl groups excluding tert-OH is 1. The fraction of sp³-hybridized carbons (Fsp3) is 0.252. The lowest BCUT2D eigenvalue weighted by atomic mass is 9.88. The molecule has 26 rings (SSSR count). The van der Waals surface area contributed by atoms with Crippen molar-refractivity contribution in [3.8, 4) is 119 Å². The molecule has 0 bridgehead atoms. The second-order valence-corrected chi connectivity index (χ2v) is 40.9. The number of piperidine rings is 1. The number of hydrogen-bond donors (Lipinski definition) is 3. The van der Waals surface area contributed by atoms with Crippen LogP contribution in [-0.2, 0) is 86.8 Å². The molecule has 5 aromatic heterocycles. The highest BCUT2D eigenvalue weighted by molar-refractivity contribution is 7.89. The van der Waals surface area contributed by atoms with Gasteiger partial charge < -0.3 is 62.9 Å². The summed E-state index contributed by atoms with van der Waals surface area (Å²) in [4.78, 5) is 84.0. The van der Waals surface area contributed by atoms with Gasteiger partial charge in [0, 0.05) is 92.9 Å². The molecule has 27 nitrogen and oxygen atoms in total. The first-order chi connectivity index (χ1) is 72.6. The molecule has 1 atom stereocenters. The van der Waals surface area contributed by atoms with Crippen LogP contribution in [-0.4, -0.2) is 136 Å². The van der Waals surface area contributed by atoms with Crippen molar-refractivity contribution in [2.24, 2.45) is 5.92 Å². The van der Waals surface area contributed by atoms with Gasteiger partial charge in [0.2, 0.25) is 49.9 Å². The number of ketones is 4. The molecule has 1 amide bonds. The van der Waals surface area contributed by atoms with Gasteiger partial charge in [0.1, 0.15) is 46.3 Å². The maximum atomic E-state index is 14.1. The first-order valence-corrected chi connectivity index (χ1v) is 51.2. The smallest absolute Gasteiger partial charge is 0.243 e. The summed E-state index contributed by atoms with van der Waals surface area (Å²) < 4.78 is 109. The number of amides is 1. The van der Waals surface area contributed by atoms with Crippen LogP contribution in [0, 0.1) is 17.6 Å². The van der Waals surface area contributed by atoms with E-state index in [0.717, 1.165) is 191 Å². The molecule has 149 heavy (non-hydrogen) atoms. The molecule has 1 saturated heterocycles. The Bertz CT molecular complexity index is 7780. The molecule has 11 heterocycles. The van der Waals surface area contributed by atoms with Gasteiger partial charge in [-0.05, 0) is 274 Å². The van der Waals surface area contributed by atoms with Gasteiger partial charge >= 0.3 is 0 Å². The molecule has 0 spiro atoms. The number of aromatic hydroxyl groups is 1. The number of benzene rings is 10. The molecule has 6 fully saturated rings. The number of fused-ring (bicyclic) bond motifs is 5. The highest BCUT2D eigenvalue weighted by Crippen LogP contribution is 2.57. The zero-order valence-electron chi connectivity index (χ0n) is 81.0. The molecule has 30 heteroatoms. The number of aromatic nitrogens is 6. The highest BCUT2D eigenvalue weighted by atomic mass is 32.2. The van der Waals surface area contributed by atoms with Crippen LogP contribution in [0.15, 0.2) is 308 Å². The molecular formula is C119H106F2N8O19S. The number of anilines is 1. The number of sulfonamides is 1. The predicted octanol–water partition coefficient (Wildman–Crippen LogP) is 20.7. The number of phenolic OH excluding ortho intramolecular Hbond substituents is 1. The zero-order chi connectivity index (χ0) is 102. The van der Waals surface area contributed by atoms with Crippen molar-refractivity contribution < 1.29 is 102 Å². The van der Waals surface area contributed by atoms with Gasteiger partial charge in [-0.25, -0.2) is 22.2 Å². The quantitative estimate of drug-likeness (QED) is 0.0430. The van der Waals surface area contributed by atoms with Gasteiger partial charge in [-0.15, -0.1) is 0 Å². The summed E-state index contributed by atoms with van der Waals surface area (Å²) in [5.41, 5.74) is 12.4. The Labute approximate surface area is 860 Å². The lowest BCUT2D eigenvalue weighted by molar-refractivity contribution is -0.121. The summed E-state index contributed by atoms with van der Waals surface area (Å²) in [6.07, 6.45) is 12.5. The standard InChI is InChI=1S/C29H30N2O6S.C23H17F2NO3.C23H19NO4.2C22H18N2O3.2H2/c32-18-20-3-2-14-31(17-20)38(34,35)24-9-6-21(7-10-24)25-5-1-4-23(30-25)16-28(33)29(12-13-29)22-8-11-26-27(15-22)37-19-36-26;24-15-5-6-18(25)17(11-15)19-3-1-2-16(26-19)12-22(27)23(8-9-23)14-4-7-20-21(10-14)29-13-28-20;25-19-3-1-2-15(10-19)16-4-6-18(24-13-16)12-22(26)23(8-9-23)17-5-7-20-21(11-17)28-14-27-20;25-21(22(11-12-22)16-9-10-18-19(13-16)27-14-26-18)24-20-8-4-7-17(23-20)15-5-2-1-3-6-15;25-21(13-17-7-8-18(24-23-17)15-4-2-1-3-5-15)22(10-11-22)16-6-9-19-20(12-16)27-14-26-19;;/h1,4-11,15,20,32H,2-3,12-14,16-19H2;1-7,10-11H,8-9,12-13H2;1-7,10-11,13,25H,8-9,12,14H2;1-10,13H,11-12,14H2,(H,23,24,25);1-9,12H,10-11,13-14H2;2*1H. The van der Waals surface area contributed by atoms with E-state index in [9.17, 15) is 51.4 Å². The molecular weight excluding hydrogens is 1920 g/mol. The molecule has 3 N–H and O–H groups in total. The van der Waals surface area contributed by atoms with Crippen molar-refractivity contribution in [1.29, 1.82) is 0 Å². The number of phenols is 1. The van der Waals surface area contributed by atoms with Crippen molar-refractivity contribution in [3.05, 3.63) is 366 Å². The number of nitrogens with zero attached hydrogens (tertiary/aromatic N) is 7. The first-order valence-electron chi connectivity index (χ1n) is 49.8. The number of rotatable bonds is 27. The van der Waals surface area contributed by atoms with Crippen molar-refractivity contribution >= 4 is 44.9 Å². The van der Waals surface area contributed by atoms with E-state index in [1.807, 2.05) is 218 Å². The van der Waals surface area contributed by atoms with Gasteiger partial charge in [-0.3, -0.25) is 38.9 Å². The summed E-state index contributed by atoms with van der Waals surface area (Å²) in [5, 5.41) is 30.7. The van der Waals surface area contributed by atoms with E-state index in [0.29, 0.717) is 88.3 Å². The summed E-state index contributed by atoms with van der Waals surface area (Å²) >= 11 is 0. The molecule has 756 valence electrons. The minimum Gasteiger partial charge on any atom is -0.508 e. The van der Waals surface area contributed by atoms with E-state index in [-0.39, 0.29) is 114 Å². The fourth-order valence-corrected chi connectivity index (χ4v) is 21.7. The lowest BCUT2D eigenvalue weighted by Crippen LogP contribution is -2.40. The van der Waals surface area contributed by atoms with Gasteiger partial charge in [0.25, 0.3) is 0 Å². The highest BCUT2D eigenvalue weighted by Gasteiger charge is 2.56. The van der Waals surface area contributed by atoms with Crippen LogP contribution in [0.4, 0.5) is 14.6 Å². The van der Waals surface area contributed by atoms with Crippen LogP contribution in [0.25, 0.3) is 56.2 Å². The average Bonchev–Trinajstić information content (AvgIpc) is 1.60. The predicted molar refractivity (Wildman–Crippen MR) is 551 cm³/mol. The van der Waals surface area contributed by atoms with E-state index in [4.69, 9.17) is 52.4 Å². The molecule has 11 aliphatic rings. The Morgan fingerprint density at radius 2 is 0.772 bits per heavy atom. The Kier molecular flexibility index (Phi) is 26.8. The van der Waals surface area contributed by atoms with E-state index < -0.39 is 48.7 Å². The molecule has 5 saturated carbocycles. The number of carbonyl (C=O) groups excluding carboxylic acids is 5.